The molecule has 1 N–H and O–H groups in total. The summed E-state index contributed by atoms with van der Waals surface area (Å²) in [5.74, 6) is -1.32. The first-order valence-corrected chi connectivity index (χ1v) is 4.28. The van der Waals surface area contributed by atoms with Crippen LogP contribution >= 0.6 is 0 Å². The lowest BCUT2D eigenvalue weighted by atomic mass is 10.1. The molecule has 6 heteroatoms. The standard InChI is InChI=1S/C9H9FN2O3/c1-2-11-9(13)7-4-3-6(10)5-8(7)12(14)15/h3-5H,2H2,1H3,(H,11,13). The van der Waals surface area contributed by atoms with E-state index in [0.29, 0.717) is 6.54 Å². The quantitative estimate of drug-likeness (QED) is 0.609. The summed E-state index contributed by atoms with van der Waals surface area (Å²) in [6.07, 6.45) is 0. The van der Waals surface area contributed by atoms with Gasteiger partial charge >= 0.3 is 0 Å². The first-order chi connectivity index (χ1) is 7.06. The number of rotatable bonds is 3. The zero-order valence-corrected chi connectivity index (χ0v) is 7.99. The lowest BCUT2D eigenvalue weighted by Crippen LogP contribution is -2.23. The Morgan fingerprint density at radius 2 is 2.27 bits per heavy atom. The van der Waals surface area contributed by atoms with Crippen LogP contribution in [0.4, 0.5) is 10.1 Å². The molecule has 0 aliphatic rings. The van der Waals surface area contributed by atoms with Crippen molar-refractivity contribution in [3.05, 3.63) is 39.7 Å². The van der Waals surface area contributed by atoms with Gasteiger partial charge in [0.15, 0.2) is 0 Å². The molecule has 0 aromatic heterocycles. The van der Waals surface area contributed by atoms with E-state index in [4.69, 9.17) is 0 Å². The number of halogens is 1. The van der Waals surface area contributed by atoms with Gasteiger partial charge < -0.3 is 5.32 Å². The van der Waals surface area contributed by atoms with Crippen LogP contribution in [0.25, 0.3) is 0 Å². The summed E-state index contributed by atoms with van der Waals surface area (Å²) in [5, 5.41) is 13.0. The third-order valence-electron chi connectivity index (χ3n) is 1.74. The fourth-order valence-electron chi connectivity index (χ4n) is 1.10. The number of hydrogen-bond acceptors (Lipinski definition) is 3. The fraction of sp³-hybridized carbons (Fsp3) is 0.222. The average Bonchev–Trinajstić information content (AvgIpc) is 2.17. The third-order valence-corrected chi connectivity index (χ3v) is 1.74. The monoisotopic (exact) mass is 212 g/mol. The Balaban J connectivity index is 3.17. The normalized spacial score (nSPS) is 9.73. The van der Waals surface area contributed by atoms with Gasteiger partial charge in [0, 0.05) is 6.54 Å². The summed E-state index contributed by atoms with van der Waals surface area (Å²) >= 11 is 0. The largest absolute Gasteiger partial charge is 0.352 e. The summed E-state index contributed by atoms with van der Waals surface area (Å²) in [7, 11) is 0. The van der Waals surface area contributed by atoms with Crippen molar-refractivity contribution in [3.8, 4) is 0 Å². The third kappa shape index (κ3) is 2.49. The number of nitrogens with one attached hydrogen (secondary N) is 1. The second-order valence-electron chi connectivity index (χ2n) is 2.78. The van der Waals surface area contributed by atoms with Crippen molar-refractivity contribution in [3.63, 3.8) is 0 Å². The number of nitro groups is 1. The van der Waals surface area contributed by atoms with Gasteiger partial charge in [-0.1, -0.05) is 0 Å². The van der Waals surface area contributed by atoms with E-state index in [9.17, 15) is 19.3 Å². The minimum Gasteiger partial charge on any atom is -0.352 e. The van der Waals surface area contributed by atoms with Gasteiger partial charge in [-0.2, -0.15) is 0 Å². The summed E-state index contributed by atoms with van der Waals surface area (Å²) in [6.45, 7) is 2.04. The highest BCUT2D eigenvalue weighted by atomic mass is 19.1. The molecule has 0 saturated heterocycles. The van der Waals surface area contributed by atoms with E-state index in [0.717, 1.165) is 18.2 Å². The topological polar surface area (TPSA) is 72.2 Å². The Morgan fingerprint density at radius 3 is 2.80 bits per heavy atom. The van der Waals surface area contributed by atoms with E-state index >= 15 is 0 Å². The molecule has 0 spiro atoms. The van der Waals surface area contributed by atoms with E-state index in [1.54, 1.807) is 6.92 Å². The maximum atomic E-state index is 12.7. The molecule has 0 radical (unpaired) electrons. The Morgan fingerprint density at radius 1 is 1.60 bits per heavy atom. The molecule has 1 aromatic rings. The van der Waals surface area contributed by atoms with E-state index in [-0.39, 0.29) is 5.56 Å². The van der Waals surface area contributed by atoms with Gasteiger partial charge in [0.2, 0.25) is 0 Å². The van der Waals surface area contributed by atoms with Crippen LogP contribution in [-0.2, 0) is 0 Å². The van der Waals surface area contributed by atoms with Crippen molar-refractivity contribution in [2.45, 2.75) is 6.92 Å². The Bertz CT molecular complexity index is 406. The van der Waals surface area contributed by atoms with Gasteiger partial charge in [-0.25, -0.2) is 4.39 Å². The maximum absolute atomic E-state index is 12.7. The highest BCUT2D eigenvalue weighted by molar-refractivity contribution is 5.98. The smallest absolute Gasteiger partial charge is 0.285 e. The van der Waals surface area contributed by atoms with Crippen LogP contribution in [0.2, 0.25) is 0 Å². The maximum Gasteiger partial charge on any atom is 0.285 e. The Kier molecular flexibility index (Phi) is 3.33. The van der Waals surface area contributed by atoms with Gasteiger partial charge in [-0.15, -0.1) is 0 Å². The number of amides is 1. The van der Waals surface area contributed by atoms with Crippen molar-refractivity contribution >= 4 is 11.6 Å². The predicted molar refractivity (Wildman–Crippen MR) is 51.1 cm³/mol. The first-order valence-electron chi connectivity index (χ1n) is 4.28. The number of carbonyl (C=O) groups is 1. The number of carbonyl (C=O) groups excluding carboxylic acids is 1. The van der Waals surface area contributed by atoms with Crippen LogP contribution in [0.15, 0.2) is 18.2 Å². The van der Waals surface area contributed by atoms with Crippen molar-refractivity contribution in [1.29, 1.82) is 0 Å². The zero-order valence-electron chi connectivity index (χ0n) is 7.99. The van der Waals surface area contributed by atoms with Crippen molar-refractivity contribution in [1.82, 2.24) is 5.32 Å². The van der Waals surface area contributed by atoms with Crippen LogP contribution in [0.5, 0.6) is 0 Å². The first kappa shape index (κ1) is 11.1. The van der Waals surface area contributed by atoms with Gasteiger partial charge in [0.1, 0.15) is 11.4 Å². The average molecular weight is 212 g/mol. The van der Waals surface area contributed by atoms with Crippen LogP contribution in [0, 0.1) is 15.9 Å². The molecule has 0 heterocycles. The molecule has 0 atom stereocenters. The highest BCUT2D eigenvalue weighted by Crippen LogP contribution is 2.19. The Hall–Kier alpha value is -1.98. The van der Waals surface area contributed by atoms with Gasteiger partial charge in [-0.05, 0) is 19.1 Å². The molecule has 0 fully saturated rings. The SMILES string of the molecule is CCNC(=O)c1ccc(F)cc1[N+](=O)[O-]. The van der Waals surface area contributed by atoms with Crippen molar-refractivity contribution in [2.24, 2.45) is 0 Å². The second kappa shape index (κ2) is 4.50. The summed E-state index contributed by atoms with van der Waals surface area (Å²) in [4.78, 5) is 21.1. The molecule has 0 bridgehead atoms. The van der Waals surface area contributed by atoms with Gasteiger partial charge in [0.25, 0.3) is 11.6 Å². The minimum absolute atomic E-state index is 0.136. The van der Waals surface area contributed by atoms with E-state index in [1.165, 1.54) is 0 Å². The lowest BCUT2D eigenvalue weighted by molar-refractivity contribution is -0.385. The van der Waals surface area contributed by atoms with Crippen LogP contribution < -0.4 is 5.32 Å². The molecule has 80 valence electrons. The van der Waals surface area contributed by atoms with Crippen LogP contribution in [-0.4, -0.2) is 17.4 Å². The Labute approximate surface area is 85.1 Å². The lowest BCUT2D eigenvalue weighted by Gasteiger charge is -2.02. The fourth-order valence-corrected chi connectivity index (χ4v) is 1.10. The molecule has 0 aliphatic heterocycles. The molecular formula is C9H9FN2O3. The molecule has 5 nitrogen and oxygen atoms in total. The summed E-state index contributed by atoms with van der Waals surface area (Å²) < 4.78 is 12.7. The molecule has 1 amide bonds. The molecule has 1 rings (SSSR count). The number of nitrogens with zero attached hydrogens (tertiary/aromatic N) is 1. The van der Waals surface area contributed by atoms with Crippen molar-refractivity contribution < 1.29 is 14.1 Å². The molecular weight excluding hydrogens is 203 g/mol. The van der Waals surface area contributed by atoms with Crippen molar-refractivity contribution in [2.75, 3.05) is 6.54 Å². The molecule has 0 saturated carbocycles. The number of nitro benzene ring substituents is 1. The zero-order chi connectivity index (χ0) is 11.4. The van der Waals surface area contributed by atoms with E-state index < -0.39 is 22.3 Å². The van der Waals surface area contributed by atoms with Gasteiger partial charge in [-0.3, -0.25) is 14.9 Å². The van der Waals surface area contributed by atoms with E-state index in [2.05, 4.69) is 5.32 Å². The minimum atomic E-state index is -0.784. The predicted octanol–water partition coefficient (Wildman–Crippen LogP) is 1.48. The summed E-state index contributed by atoms with van der Waals surface area (Å²) in [5.41, 5.74) is -0.663. The van der Waals surface area contributed by atoms with E-state index in [1.807, 2.05) is 0 Å². The highest BCUT2D eigenvalue weighted by Gasteiger charge is 2.20. The molecule has 15 heavy (non-hydrogen) atoms. The number of benzene rings is 1. The molecule has 1 aromatic carbocycles. The van der Waals surface area contributed by atoms with Crippen LogP contribution in [0.3, 0.4) is 0 Å². The second-order valence-corrected chi connectivity index (χ2v) is 2.78. The summed E-state index contributed by atoms with van der Waals surface area (Å²) in [6, 6.07) is 2.83. The molecule has 0 aliphatic carbocycles. The number of hydrogen-bond donors (Lipinski definition) is 1. The van der Waals surface area contributed by atoms with Crippen LogP contribution in [0.1, 0.15) is 17.3 Å². The molecule has 0 unspecified atom stereocenters. The van der Waals surface area contributed by atoms with Gasteiger partial charge in [0.05, 0.1) is 11.0 Å².